The van der Waals surface area contributed by atoms with Gasteiger partial charge in [0.1, 0.15) is 0 Å². The summed E-state index contributed by atoms with van der Waals surface area (Å²) in [5.41, 5.74) is 1.75. The number of para-hydroxylation sites is 1. The van der Waals surface area contributed by atoms with E-state index >= 15 is 0 Å². The Bertz CT molecular complexity index is 1130. The molecule has 7 heteroatoms. The highest BCUT2D eigenvalue weighted by Crippen LogP contribution is 2.31. The zero-order valence-electron chi connectivity index (χ0n) is 17.2. The van der Waals surface area contributed by atoms with E-state index in [1.807, 2.05) is 24.3 Å². The number of Topliss-reactive ketones (excluding diaryl/α,β-unsaturated/α-hetero) is 2. The molecule has 0 aliphatic carbocycles. The first-order valence-electron chi connectivity index (χ1n) is 10.3. The number of carbonyl (C=O) groups excluding carboxylic acids is 3. The number of nitrogens with one attached hydrogen (secondary N) is 1. The van der Waals surface area contributed by atoms with Crippen LogP contribution < -0.4 is 9.47 Å². The van der Waals surface area contributed by atoms with Crippen molar-refractivity contribution in [1.82, 2.24) is 4.98 Å². The van der Waals surface area contributed by atoms with E-state index in [1.54, 1.807) is 24.4 Å². The van der Waals surface area contributed by atoms with Crippen molar-refractivity contribution in [2.24, 2.45) is 0 Å². The van der Waals surface area contributed by atoms with Gasteiger partial charge in [-0.2, -0.15) is 0 Å². The van der Waals surface area contributed by atoms with Crippen molar-refractivity contribution < 1.29 is 28.6 Å². The van der Waals surface area contributed by atoms with E-state index in [2.05, 4.69) is 4.98 Å². The summed E-state index contributed by atoms with van der Waals surface area (Å²) in [5, 5.41) is 0.778. The molecule has 2 heterocycles. The second kappa shape index (κ2) is 9.04. The topological polar surface area (TPSA) is 94.7 Å². The maximum absolute atomic E-state index is 12.7. The molecule has 0 radical (unpaired) electrons. The SMILES string of the molecule is C[C@@H](OC(=O)CCC(=O)c1ccc2c(c1)OCCCO2)C(=O)c1c[nH]c2ccccc12. The Morgan fingerprint density at radius 3 is 2.65 bits per heavy atom. The van der Waals surface area contributed by atoms with Gasteiger partial charge in [-0.05, 0) is 31.2 Å². The van der Waals surface area contributed by atoms with Gasteiger partial charge in [-0.25, -0.2) is 0 Å². The van der Waals surface area contributed by atoms with Crippen LogP contribution in [-0.2, 0) is 9.53 Å². The highest BCUT2D eigenvalue weighted by molar-refractivity contribution is 6.10. The van der Waals surface area contributed by atoms with Crippen molar-refractivity contribution in [2.75, 3.05) is 13.2 Å². The number of carbonyl (C=O) groups is 3. The first-order valence-corrected chi connectivity index (χ1v) is 10.3. The van der Waals surface area contributed by atoms with Crippen LogP contribution in [0.25, 0.3) is 10.9 Å². The van der Waals surface area contributed by atoms with E-state index in [0.29, 0.717) is 35.8 Å². The minimum atomic E-state index is -0.945. The molecule has 0 unspecified atom stereocenters. The molecule has 1 atom stereocenters. The van der Waals surface area contributed by atoms with Crippen molar-refractivity contribution >= 4 is 28.4 Å². The lowest BCUT2D eigenvalue weighted by Gasteiger charge is -2.12. The van der Waals surface area contributed by atoms with E-state index in [1.165, 1.54) is 6.92 Å². The Kier molecular flexibility index (Phi) is 6.02. The fourth-order valence-corrected chi connectivity index (χ4v) is 3.50. The lowest BCUT2D eigenvalue weighted by Crippen LogP contribution is -2.24. The lowest BCUT2D eigenvalue weighted by molar-refractivity contribution is -0.146. The maximum Gasteiger partial charge on any atom is 0.306 e. The Hall–Kier alpha value is -3.61. The minimum absolute atomic E-state index is 0.0214. The molecular weight excluding hydrogens is 398 g/mol. The maximum atomic E-state index is 12.7. The van der Waals surface area contributed by atoms with Gasteiger partial charge in [0.2, 0.25) is 5.78 Å². The van der Waals surface area contributed by atoms with Crippen LogP contribution in [0.2, 0.25) is 0 Å². The molecule has 0 fully saturated rings. The van der Waals surface area contributed by atoms with Crippen molar-refractivity contribution in [1.29, 1.82) is 0 Å². The summed E-state index contributed by atoms with van der Waals surface area (Å²) in [6.45, 7) is 2.63. The van der Waals surface area contributed by atoms with Crippen LogP contribution in [0.15, 0.2) is 48.7 Å². The van der Waals surface area contributed by atoms with Crippen LogP contribution in [0.5, 0.6) is 11.5 Å². The molecule has 1 aliphatic rings. The molecule has 160 valence electrons. The predicted molar refractivity (Wildman–Crippen MR) is 114 cm³/mol. The van der Waals surface area contributed by atoms with Gasteiger partial charge in [0.15, 0.2) is 23.4 Å². The fourth-order valence-electron chi connectivity index (χ4n) is 3.50. The van der Waals surface area contributed by atoms with Crippen LogP contribution in [0.3, 0.4) is 0 Å². The van der Waals surface area contributed by atoms with Gasteiger partial charge < -0.3 is 19.2 Å². The number of aromatic nitrogens is 1. The van der Waals surface area contributed by atoms with Crippen molar-refractivity contribution in [3.8, 4) is 11.5 Å². The van der Waals surface area contributed by atoms with E-state index in [4.69, 9.17) is 14.2 Å². The number of esters is 1. The number of benzene rings is 2. The fraction of sp³-hybridized carbons (Fsp3) is 0.292. The highest BCUT2D eigenvalue weighted by Gasteiger charge is 2.23. The third-order valence-corrected chi connectivity index (χ3v) is 5.16. The van der Waals surface area contributed by atoms with Crippen molar-refractivity contribution in [2.45, 2.75) is 32.3 Å². The molecule has 0 spiro atoms. The quantitative estimate of drug-likeness (QED) is 0.456. The van der Waals surface area contributed by atoms with Gasteiger partial charge in [-0.3, -0.25) is 14.4 Å². The van der Waals surface area contributed by atoms with Gasteiger partial charge in [0.25, 0.3) is 0 Å². The average Bonchev–Trinajstić information content (AvgIpc) is 3.07. The molecule has 1 aromatic heterocycles. The molecule has 0 amide bonds. The number of H-pyrrole nitrogens is 1. The molecule has 1 N–H and O–H groups in total. The summed E-state index contributed by atoms with van der Waals surface area (Å²) in [5.74, 6) is 0.0496. The summed E-state index contributed by atoms with van der Waals surface area (Å²) >= 11 is 0. The zero-order valence-corrected chi connectivity index (χ0v) is 17.2. The van der Waals surface area contributed by atoms with E-state index < -0.39 is 12.1 Å². The van der Waals surface area contributed by atoms with E-state index in [9.17, 15) is 14.4 Å². The van der Waals surface area contributed by atoms with Crippen LogP contribution in [0.1, 0.15) is 46.9 Å². The van der Waals surface area contributed by atoms with Gasteiger partial charge in [-0.15, -0.1) is 0 Å². The first kappa shape index (κ1) is 20.7. The van der Waals surface area contributed by atoms with E-state index in [-0.39, 0.29) is 24.4 Å². The largest absolute Gasteiger partial charge is 0.490 e. The summed E-state index contributed by atoms with van der Waals surface area (Å²) in [4.78, 5) is 40.4. The van der Waals surface area contributed by atoms with Crippen molar-refractivity contribution in [3.63, 3.8) is 0 Å². The van der Waals surface area contributed by atoms with Gasteiger partial charge >= 0.3 is 5.97 Å². The van der Waals surface area contributed by atoms with Gasteiger partial charge in [-0.1, -0.05) is 18.2 Å². The van der Waals surface area contributed by atoms with Gasteiger partial charge in [0.05, 0.1) is 19.6 Å². The molecule has 3 aromatic rings. The number of ether oxygens (including phenoxy) is 3. The molecule has 0 bridgehead atoms. The third-order valence-electron chi connectivity index (χ3n) is 5.16. The average molecular weight is 421 g/mol. The second-order valence-corrected chi connectivity index (χ2v) is 7.38. The monoisotopic (exact) mass is 421 g/mol. The van der Waals surface area contributed by atoms with Crippen LogP contribution in [0, 0.1) is 0 Å². The number of hydrogen-bond acceptors (Lipinski definition) is 6. The normalized spacial score (nSPS) is 14.0. The molecule has 0 saturated heterocycles. The summed E-state index contributed by atoms with van der Waals surface area (Å²) in [6.07, 6.45) is 1.31. The number of fused-ring (bicyclic) bond motifs is 2. The number of rotatable bonds is 7. The standard InChI is InChI=1S/C24H23NO6/c1-15(24(28)18-14-25-19-6-3-2-5-17(18)19)31-23(27)10-8-20(26)16-7-9-21-22(13-16)30-12-4-11-29-21/h2-3,5-7,9,13-15,25H,4,8,10-12H2,1H3/t15-/m1/s1. The Morgan fingerprint density at radius 2 is 1.81 bits per heavy atom. The number of ketones is 2. The summed E-state index contributed by atoms with van der Waals surface area (Å²) < 4.78 is 16.4. The second-order valence-electron chi connectivity index (χ2n) is 7.38. The number of aromatic amines is 1. The third kappa shape index (κ3) is 4.60. The Morgan fingerprint density at radius 1 is 1.03 bits per heavy atom. The first-order chi connectivity index (χ1) is 15.0. The predicted octanol–water partition coefficient (Wildman–Crippen LogP) is 4.11. The smallest absolute Gasteiger partial charge is 0.306 e. The minimum Gasteiger partial charge on any atom is -0.490 e. The molecular formula is C24H23NO6. The van der Waals surface area contributed by atoms with Crippen molar-refractivity contribution in [3.05, 3.63) is 59.8 Å². The van der Waals surface area contributed by atoms with Crippen LogP contribution >= 0.6 is 0 Å². The molecule has 7 nitrogen and oxygen atoms in total. The summed E-state index contributed by atoms with van der Waals surface area (Å²) in [6, 6.07) is 12.4. The molecule has 4 rings (SSSR count). The van der Waals surface area contributed by atoms with Gasteiger partial charge in [0, 0.05) is 41.1 Å². The van der Waals surface area contributed by atoms with E-state index in [0.717, 1.165) is 17.3 Å². The molecule has 0 saturated carbocycles. The lowest BCUT2D eigenvalue weighted by atomic mass is 10.1. The summed E-state index contributed by atoms with van der Waals surface area (Å²) in [7, 11) is 0. The molecule has 31 heavy (non-hydrogen) atoms. The highest BCUT2D eigenvalue weighted by atomic mass is 16.5. The number of hydrogen-bond donors (Lipinski definition) is 1. The Balaban J connectivity index is 1.33. The Labute approximate surface area is 179 Å². The molecule has 2 aromatic carbocycles. The van der Waals surface area contributed by atoms with Crippen LogP contribution in [-0.4, -0.2) is 41.8 Å². The molecule has 1 aliphatic heterocycles. The zero-order chi connectivity index (χ0) is 21.8. The van der Waals surface area contributed by atoms with Crippen LogP contribution in [0.4, 0.5) is 0 Å².